The Bertz CT molecular complexity index is 2510. The number of fused-ring (bicyclic) bond motifs is 8. The summed E-state index contributed by atoms with van der Waals surface area (Å²) in [6, 6.07) is 37.4. The molecule has 6 heteroatoms. The highest BCUT2D eigenvalue weighted by atomic mass is 16.5. The molecular weight excluding hydrogens is 719 g/mol. The first-order valence-electron chi connectivity index (χ1n) is 20.8. The lowest BCUT2D eigenvalue weighted by atomic mass is 9.69. The molecule has 3 aliphatic rings. The second-order valence-electron chi connectivity index (χ2n) is 16.0. The van der Waals surface area contributed by atoms with Crippen LogP contribution in [0.25, 0.3) is 39.1 Å². The average Bonchev–Trinajstić information content (AvgIpc) is 3.55. The summed E-state index contributed by atoms with van der Waals surface area (Å²) >= 11 is 0. The van der Waals surface area contributed by atoms with E-state index in [1.165, 1.54) is 44.5 Å². The second kappa shape index (κ2) is 15.2. The molecule has 0 bridgehead atoms. The number of ether oxygens (including phenoxy) is 5. The molecule has 0 saturated carbocycles. The first-order valence-corrected chi connectivity index (χ1v) is 20.8. The standard InChI is InChI=1S/C52H53NO5/c1-7-24-51(25-8-2)46-32-35(41-22-19-40(55-5)33-47(41)56-6)10-21-43(46)48-45-31-34(3)9-20-42(45)50-44(49(48)51)23-26-52(58-50,37-13-17-39(54-4)18-14-37)36-11-15-38(16-12-36)53-27-29-57-30-28-53/h9-23,26,31-33H,7-8,24-25,27-30H2,1-6H3. The van der Waals surface area contributed by atoms with E-state index in [9.17, 15) is 0 Å². The molecule has 0 amide bonds. The van der Waals surface area contributed by atoms with E-state index in [2.05, 4.69) is 117 Å². The number of methoxy groups -OCH3 is 3. The van der Waals surface area contributed by atoms with E-state index in [0.717, 1.165) is 103 Å². The van der Waals surface area contributed by atoms with Crippen molar-refractivity contribution < 1.29 is 23.7 Å². The molecular formula is C52H53NO5. The first kappa shape index (κ1) is 37.8. The molecule has 6 nitrogen and oxygen atoms in total. The minimum atomic E-state index is -0.878. The van der Waals surface area contributed by atoms with Gasteiger partial charge in [-0.05, 0) is 102 Å². The first-order chi connectivity index (χ1) is 28.4. The number of hydrogen-bond donors (Lipinski definition) is 0. The summed E-state index contributed by atoms with van der Waals surface area (Å²) in [5.74, 6) is 3.33. The van der Waals surface area contributed by atoms with Crippen LogP contribution in [0.15, 0.2) is 109 Å². The Kier molecular flexibility index (Phi) is 9.93. The van der Waals surface area contributed by atoms with Crippen LogP contribution in [0.1, 0.15) is 72.9 Å². The molecule has 58 heavy (non-hydrogen) atoms. The van der Waals surface area contributed by atoms with Crippen LogP contribution in [-0.2, 0) is 15.8 Å². The summed E-state index contributed by atoms with van der Waals surface area (Å²) in [5, 5.41) is 2.36. The summed E-state index contributed by atoms with van der Waals surface area (Å²) in [6.07, 6.45) is 8.83. The Hall–Kier alpha value is -5.72. The van der Waals surface area contributed by atoms with Gasteiger partial charge >= 0.3 is 0 Å². The van der Waals surface area contributed by atoms with Crippen LogP contribution >= 0.6 is 0 Å². The van der Waals surface area contributed by atoms with E-state index in [4.69, 9.17) is 23.7 Å². The van der Waals surface area contributed by atoms with Crippen molar-refractivity contribution in [3.8, 4) is 45.3 Å². The molecule has 9 rings (SSSR count). The maximum absolute atomic E-state index is 7.73. The van der Waals surface area contributed by atoms with Crippen molar-refractivity contribution in [2.24, 2.45) is 0 Å². The Morgan fingerprint density at radius 3 is 2.02 bits per heavy atom. The van der Waals surface area contributed by atoms with E-state index in [1.54, 1.807) is 21.3 Å². The Labute approximate surface area is 343 Å². The van der Waals surface area contributed by atoms with E-state index < -0.39 is 5.60 Å². The van der Waals surface area contributed by atoms with Gasteiger partial charge in [0, 0.05) is 57.9 Å². The quantitative estimate of drug-likeness (QED) is 0.131. The monoisotopic (exact) mass is 771 g/mol. The molecule has 296 valence electrons. The summed E-state index contributed by atoms with van der Waals surface area (Å²) in [4.78, 5) is 2.40. The molecule has 1 atom stereocenters. The van der Waals surface area contributed by atoms with E-state index in [-0.39, 0.29) is 5.41 Å². The average molecular weight is 772 g/mol. The minimum absolute atomic E-state index is 0.223. The number of aryl methyl sites for hydroxylation is 1. The number of hydrogen-bond acceptors (Lipinski definition) is 6. The molecule has 0 spiro atoms. The van der Waals surface area contributed by atoms with Gasteiger partial charge in [0.15, 0.2) is 5.60 Å². The highest BCUT2D eigenvalue weighted by Gasteiger charge is 2.48. The zero-order chi connectivity index (χ0) is 40.0. The number of anilines is 1. The van der Waals surface area contributed by atoms with Crippen LogP contribution < -0.4 is 23.8 Å². The fraction of sp³-hybridized carbons (Fsp3) is 0.308. The third kappa shape index (κ3) is 6.03. The smallest absolute Gasteiger partial charge is 0.178 e. The molecule has 0 aromatic heterocycles. The molecule has 6 aromatic carbocycles. The highest BCUT2D eigenvalue weighted by molar-refractivity contribution is 6.09. The number of benzene rings is 6. The van der Waals surface area contributed by atoms with Crippen molar-refractivity contribution in [2.45, 2.75) is 57.5 Å². The maximum atomic E-state index is 7.73. The van der Waals surface area contributed by atoms with Crippen molar-refractivity contribution in [3.63, 3.8) is 0 Å². The molecule has 1 fully saturated rings. The lowest BCUT2D eigenvalue weighted by molar-refractivity contribution is 0.122. The van der Waals surface area contributed by atoms with Gasteiger partial charge in [0.05, 0.1) is 34.5 Å². The Balaban J connectivity index is 1.28. The van der Waals surface area contributed by atoms with Crippen molar-refractivity contribution >= 4 is 22.5 Å². The van der Waals surface area contributed by atoms with Gasteiger partial charge in [-0.3, -0.25) is 0 Å². The molecule has 1 saturated heterocycles. The van der Waals surface area contributed by atoms with Crippen LogP contribution in [0.4, 0.5) is 5.69 Å². The summed E-state index contributed by atoms with van der Waals surface area (Å²) in [5.41, 5.74) is 12.2. The van der Waals surface area contributed by atoms with Crippen molar-refractivity contribution in [1.82, 2.24) is 0 Å². The third-order valence-corrected chi connectivity index (χ3v) is 12.7. The fourth-order valence-corrected chi connectivity index (χ4v) is 10.1. The molecule has 1 aliphatic carbocycles. The van der Waals surface area contributed by atoms with Gasteiger partial charge in [0.2, 0.25) is 0 Å². The van der Waals surface area contributed by atoms with Crippen LogP contribution in [-0.4, -0.2) is 47.6 Å². The Morgan fingerprint density at radius 2 is 1.34 bits per heavy atom. The normalized spacial score (nSPS) is 17.7. The SMILES string of the molecule is CCCC1(CCC)c2cc(-c3ccc(OC)cc3OC)ccc2-c2c1c1c(c3ccc(C)cc23)OC(c2ccc(OC)cc2)(c2ccc(N3CCOCC3)cc2)C=C1. The maximum Gasteiger partial charge on any atom is 0.178 e. The molecule has 2 heterocycles. The number of nitrogens with zero attached hydrogens (tertiary/aromatic N) is 1. The van der Waals surface area contributed by atoms with Crippen LogP contribution in [0.3, 0.4) is 0 Å². The summed E-state index contributed by atoms with van der Waals surface area (Å²) in [7, 11) is 5.14. The van der Waals surface area contributed by atoms with E-state index in [1.807, 2.05) is 24.3 Å². The molecule has 0 radical (unpaired) electrons. The predicted molar refractivity (Wildman–Crippen MR) is 236 cm³/mol. The zero-order valence-electron chi connectivity index (χ0n) is 34.6. The highest BCUT2D eigenvalue weighted by Crippen LogP contribution is 2.61. The van der Waals surface area contributed by atoms with E-state index in [0.29, 0.717) is 0 Å². The lowest BCUT2D eigenvalue weighted by Gasteiger charge is -2.40. The largest absolute Gasteiger partial charge is 0.497 e. The van der Waals surface area contributed by atoms with Gasteiger partial charge in [-0.2, -0.15) is 0 Å². The Morgan fingerprint density at radius 1 is 0.672 bits per heavy atom. The zero-order valence-corrected chi connectivity index (χ0v) is 34.6. The van der Waals surface area contributed by atoms with Gasteiger partial charge in [-0.1, -0.05) is 92.9 Å². The molecule has 6 aromatic rings. The number of rotatable bonds is 11. The summed E-state index contributed by atoms with van der Waals surface area (Å²) < 4.78 is 30.5. The van der Waals surface area contributed by atoms with E-state index >= 15 is 0 Å². The number of morpholine rings is 1. The van der Waals surface area contributed by atoms with Crippen LogP contribution in [0, 0.1) is 6.92 Å². The van der Waals surface area contributed by atoms with Gasteiger partial charge in [-0.15, -0.1) is 0 Å². The van der Waals surface area contributed by atoms with Gasteiger partial charge < -0.3 is 28.6 Å². The topological polar surface area (TPSA) is 49.4 Å². The molecule has 0 N–H and O–H groups in total. The minimum Gasteiger partial charge on any atom is -0.497 e. The van der Waals surface area contributed by atoms with Gasteiger partial charge in [-0.25, -0.2) is 0 Å². The third-order valence-electron chi connectivity index (χ3n) is 12.7. The van der Waals surface area contributed by atoms with Crippen molar-refractivity contribution in [3.05, 3.63) is 143 Å². The van der Waals surface area contributed by atoms with Crippen LogP contribution in [0.5, 0.6) is 23.0 Å². The van der Waals surface area contributed by atoms with Gasteiger partial charge in [0.25, 0.3) is 0 Å². The van der Waals surface area contributed by atoms with Gasteiger partial charge in [0.1, 0.15) is 23.0 Å². The second-order valence-corrected chi connectivity index (χ2v) is 16.0. The fourth-order valence-electron chi connectivity index (χ4n) is 10.1. The molecule has 1 unspecified atom stereocenters. The predicted octanol–water partition coefficient (Wildman–Crippen LogP) is 11.9. The molecule has 2 aliphatic heterocycles. The van der Waals surface area contributed by atoms with Crippen molar-refractivity contribution in [1.29, 1.82) is 0 Å². The lowest BCUT2D eigenvalue weighted by Crippen LogP contribution is -2.37. The van der Waals surface area contributed by atoms with Crippen LogP contribution in [0.2, 0.25) is 0 Å². The summed E-state index contributed by atoms with van der Waals surface area (Å²) in [6.45, 7) is 10.1. The van der Waals surface area contributed by atoms with Crippen molar-refractivity contribution in [2.75, 3.05) is 52.5 Å².